The molecule has 1 aromatic rings. The van der Waals surface area contributed by atoms with Crippen molar-refractivity contribution in [1.82, 2.24) is 4.90 Å². The SMILES string of the molecule is COc1cccc(C(=O)CCN2CCCC2CC(=O)O)c1. The van der Waals surface area contributed by atoms with Crippen molar-refractivity contribution in [2.75, 3.05) is 20.2 Å². The van der Waals surface area contributed by atoms with Gasteiger partial charge in [0, 0.05) is 24.6 Å². The lowest BCUT2D eigenvalue weighted by molar-refractivity contribution is -0.138. The summed E-state index contributed by atoms with van der Waals surface area (Å²) in [7, 11) is 1.57. The number of carbonyl (C=O) groups excluding carboxylic acids is 1. The largest absolute Gasteiger partial charge is 0.497 e. The molecule has 1 saturated heterocycles. The molecule has 21 heavy (non-hydrogen) atoms. The third kappa shape index (κ3) is 4.29. The molecule has 1 heterocycles. The van der Waals surface area contributed by atoms with E-state index in [1.165, 1.54) is 0 Å². The van der Waals surface area contributed by atoms with E-state index in [1.807, 2.05) is 0 Å². The van der Waals surface area contributed by atoms with Crippen LogP contribution in [0.1, 0.15) is 36.0 Å². The van der Waals surface area contributed by atoms with Gasteiger partial charge < -0.3 is 9.84 Å². The van der Waals surface area contributed by atoms with Gasteiger partial charge in [0.1, 0.15) is 5.75 Å². The van der Waals surface area contributed by atoms with E-state index in [9.17, 15) is 9.59 Å². The summed E-state index contributed by atoms with van der Waals surface area (Å²) < 4.78 is 5.12. The Bertz CT molecular complexity index is 515. The number of hydrogen-bond donors (Lipinski definition) is 1. The van der Waals surface area contributed by atoms with Gasteiger partial charge in [0.25, 0.3) is 0 Å². The summed E-state index contributed by atoms with van der Waals surface area (Å²) in [6.07, 6.45) is 2.47. The van der Waals surface area contributed by atoms with Crippen LogP contribution in [0.3, 0.4) is 0 Å². The molecule has 0 radical (unpaired) electrons. The number of ketones is 1. The van der Waals surface area contributed by atoms with Crippen molar-refractivity contribution in [3.8, 4) is 5.75 Å². The zero-order valence-electron chi connectivity index (χ0n) is 12.2. The van der Waals surface area contributed by atoms with E-state index >= 15 is 0 Å². The Morgan fingerprint density at radius 3 is 2.95 bits per heavy atom. The van der Waals surface area contributed by atoms with Gasteiger partial charge in [0.05, 0.1) is 13.5 Å². The average molecular weight is 291 g/mol. The van der Waals surface area contributed by atoms with Gasteiger partial charge in [-0.3, -0.25) is 14.5 Å². The van der Waals surface area contributed by atoms with Crippen molar-refractivity contribution in [3.05, 3.63) is 29.8 Å². The van der Waals surface area contributed by atoms with Crippen LogP contribution in [0.4, 0.5) is 0 Å². The lowest BCUT2D eigenvalue weighted by atomic mass is 10.1. The molecule has 1 atom stereocenters. The van der Waals surface area contributed by atoms with Gasteiger partial charge >= 0.3 is 5.97 Å². The van der Waals surface area contributed by atoms with Gasteiger partial charge in [0.2, 0.25) is 0 Å². The Labute approximate surface area is 124 Å². The van der Waals surface area contributed by atoms with Crippen LogP contribution in [0.5, 0.6) is 5.75 Å². The maximum absolute atomic E-state index is 12.2. The molecule has 5 nitrogen and oxygen atoms in total. The first-order valence-corrected chi connectivity index (χ1v) is 7.23. The van der Waals surface area contributed by atoms with Crippen LogP contribution in [0.2, 0.25) is 0 Å². The second-order valence-electron chi connectivity index (χ2n) is 5.34. The third-order valence-electron chi connectivity index (χ3n) is 3.93. The lowest BCUT2D eigenvalue weighted by Crippen LogP contribution is -2.33. The number of rotatable bonds is 7. The highest BCUT2D eigenvalue weighted by atomic mass is 16.5. The topological polar surface area (TPSA) is 66.8 Å². The highest BCUT2D eigenvalue weighted by Crippen LogP contribution is 2.21. The molecule has 0 aromatic heterocycles. The monoisotopic (exact) mass is 291 g/mol. The Morgan fingerprint density at radius 2 is 2.24 bits per heavy atom. The fraction of sp³-hybridized carbons (Fsp3) is 0.500. The summed E-state index contributed by atoms with van der Waals surface area (Å²) in [6.45, 7) is 1.50. The zero-order valence-corrected chi connectivity index (χ0v) is 12.2. The molecule has 0 saturated carbocycles. The van der Waals surface area contributed by atoms with Crippen molar-refractivity contribution in [3.63, 3.8) is 0 Å². The lowest BCUT2D eigenvalue weighted by Gasteiger charge is -2.22. The zero-order chi connectivity index (χ0) is 15.2. The van der Waals surface area contributed by atoms with Gasteiger partial charge in [-0.05, 0) is 31.5 Å². The van der Waals surface area contributed by atoms with Gasteiger partial charge in [-0.15, -0.1) is 0 Å². The second kappa shape index (κ2) is 7.22. The van der Waals surface area contributed by atoms with E-state index in [0.717, 1.165) is 19.4 Å². The first-order chi connectivity index (χ1) is 10.1. The number of hydrogen-bond acceptors (Lipinski definition) is 4. The molecule has 0 aliphatic carbocycles. The van der Waals surface area contributed by atoms with Crippen molar-refractivity contribution in [2.45, 2.75) is 31.7 Å². The number of methoxy groups -OCH3 is 1. The molecule has 0 amide bonds. The minimum absolute atomic E-state index is 0.0647. The molecule has 1 aromatic carbocycles. The van der Waals surface area contributed by atoms with Crippen molar-refractivity contribution in [1.29, 1.82) is 0 Å². The smallest absolute Gasteiger partial charge is 0.304 e. The molecule has 2 rings (SSSR count). The van der Waals surface area contributed by atoms with Crippen LogP contribution < -0.4 is 4.74 Å². The number of benzene rings is 1. The maximum Gasteiger partial charge on any atom is 0.304 e. The molecule has 1 aliphatic rings. The fourth-order valence-corrected chi connectivity index (χ4v) is 2.81. The summed E-state index contributed by atoms with van der Waals surface area (Å²) in [4.78, 5) is 25.1. The molecule has 1 N–H and O–H groups in total. The van der Waals surface area contributed by atoms with E-state index < -0.39 is 5.97 Å². The van der Waals surface area contributed by atoms with Crippen LogP contribution in [-0.4, -0.2) is 48.0 Å². The molecular weight excluding hydrogens is 270 g/mol. The Kier molecular flexibility index (Phi) is 5.33. The molecule has 5 heteroatoms. The minimum Gasteiger partial charge on any atom is -0.497 e. The second-order valence-corrected chi connectivity index (χ2v) is 5.34. The van der Waals surface area contributed by atoms with Gasteiger partial charge in [-0.25, -0.2) is 0 Å². The maximum atomic E-state index is 12.2. The standard InChI is InChI=1S/C16H21NO4/c1-21-14-6-2-4-12(10-14)15(18)7-9-17-8-3-5-13(17)11-16(19)20/h2,4,6,10,13H,3,5,7-9,11H2,1H3,(H,19,20). The van der Waals surface area contributed by atoms with Crippen molar-refractivity contribution in [2.24, 2.45) is 0 Å². The summed E-state index contributed by atoms with van der Waals surface area (Å²) in [5.74, 6) is -0.0355. The number of ether oxygens (including phenoxy) is 1. The van der Waals surface area contributed by atoms with E-state index in [1.54, 1.807) is 31.4 Å². The number of carboxylic acids is 1. The molecule has 0 bridgehead atoms. The Hall–Kier alpha value is -1.88. The number of aliphatic carboxylic acids is 1. The Morgan fingerprint density at radius 1 is 1.43 bits per heavy atom. The first kappa shape index (κ1) is 15.5. The third-order valence-corrected chi connectivity index (χ3v) is 3.93. The predicted octanol–water partition coefficient (Wildman–Crippen LogP) is 2.21. The van der Waals surface area contributed by atoms with Crippen LogP contribution in [0.15, 0.2) is 24.3 Å². The normalized spacial score (nSPS) is 18.6. The molecule has 1 unspecified atom stereocenters. The molecule has 0 spiro atoms. The van der Waals surface area contributed by atoms with Gasteiger partial charge in [-0.1, -0.05) is 12.1 Å². The predicted molar refractivity (Wildman–Crippen MR) is 78.8 cm³/mol. The fourth-order valence-electron chi connectivity index (χ4n) is 2.81. The van der Waals surface area contributed by atoms with E-state index in [-0.39, 0.29) is 18.2 Å². The highest BCUT2D eigenvalue weighted by molar-refractivity contribution is 5.96. The van der Waals surface area contributed by atoms with Crippen LogP contribution in [0, 0.1) is 0 Å². The first-order valence-electron chi connectivity index (χ1n) is 7.23. The summed E-state index contributed by atoms with van der Waals surface area (Å²) >= 11 is 0. The van der Waals surface area contributed by atoms with Crippen LogP contribution in [-0.2, 0) is 4.79 Å². The van der Waals surface area contributed by atoms with E-state index in [2.05, 4.69) is 4.90 Å². The number of nitrogens with zero attached hydrogens (tertiary/aromatic N) is 1. The van der Waals surface area contributed by atoms with Gasteiger partial charge in [0.15, 0.2) is 5.78 Å². The van der Waals surface area contributed by atoms with Crippen LogP contribution >= 0.6 is 0 Å². The molecular formula is C16H21NO4. The number of carbonyl (C=O) groups is 2. The van der Waals surface area contributed by atoms with Gasteiger partial charge in [-0.2, -0.15) is 0 Å². The summed E-state index contributed by atoms with van der Waals surface area (Å²) in [6, 6.07) is 7.19. The number of Topliss-reactive ketones (excluding diaryl/α,β-unsaturated/α-hetero) is 1. The summed E-state index contributed by atoms with van der Waals surface area (Å²) in [5.41, 5.74) is 0.642. The summed E-state index contributed by atoms with van der Waals surface area (Å²) in [5, 5.41) is 8.90. The van der Waals surface area contributed by atoms with Crippen molar-refractivity contribution < 1.29 is 19.4 Å². The quantitative estimate of drug-likeness (QED) is 0.780. The number of carboxylic acid groups (broad SMARTS) is 1. The van der Waals surface area contributed by atoms with E-state index in [0.29, 0.717) is 24.3 Å². The average Bonchev–Trinajstić information content (AvgIpc) is 2.91. The molecule has 114 valence electrons. The molecule has 1 aliphatic heterocycles. The van der Waals surface area contributed by atoms with Crippen LogP contribution in [0.25, 0.3) is 0 Å². The van der Waals surface area contributed by atoms with E-state index in [4.69, 9.17) is 9.84 Å². The number of likely N-dealkylation sites (tertiary alicyclic amines) is 1. The molecule has 1 fully saturated rings. The minimum atomic E-state index is -0.772. The Balaban J connectivity index is 1.89. The highest BCUT2D eigenvalue weighted by Gasteiger charge is 2.26. The van der Waals surface area contributed by atoms with Crippen molar-refractivity contribution >= 4 is 11.8 Å².